The molecular weight excluding hydrogens is 332 g/mol. The highest BCUT2D eigenvalue weighted by Crippen LogP contribution is 2.34. The van der Waals surface area contributed by atoms with E-state index in [9.17, 15) is 9.59 Å². The minimum absolute atomic E-state index is 0.0177. The predicted octanol–water partition coefficient (Wildman–Crippen LogP) is 4.76. The maximum atomic E-state index is 12.1. The van der Waals surface area contributed by atoms with Gasteiger partial charge in [0.05, 0.1) is 6.42 Å². The van der Waals surface area contributed by atoms with Crippen LogP contribution in [0.4, 0.5) is 0 Å². The third-order valence-corrected chi connectivity index (χ3v) is 10.0. The molecule has 1 atom stereocenters. The van der Waals surface area contributed by atoms with Crippen LogP contribution in [0.1, 0.15) is 45.6 Å². The number of benzene rings is 1. The van der Waals surface area contributed by atoms with Crippen molar-refractivity contribution in [3.8, 4) is 0 Å². The average Bonchev–Trinajstić information content (AvgIpc) is 3.02. The summed E-state index contributed by atoms with van der Waals surface area (Å²) in [6, 6.07) is 12.1. The molecule has 1 aliphatic carbocycles. The fourth-order valence-electron chi connectivity index (χ4n) is 3.44. The third-order valence-electron chi connectivity index (χ3n) is 5.24. The largest absolute Gasteiger partial charge is 0.345 e. The van der Waals surface area contributed by atoms with Crippen molar-refractivity contribution < 1.29 is 19.1 Å². The van der Waals surface area contributed by atoms with Crippen LogP contribution in [0, 0.1) is 0 Å². The molecular formula is C20H28O4Si. The van der Waals surface area contributed by atoms with E-state index < -0.39 is 14.3 Å². The Kier molecular flexibility index (Phi) is 7.14. The summed E-state index contributed by atoms with van der Waals surface area (Å²) < 4.78 is 5.82. The van der Waals surface area contributed by atoms with Gasteiger partial charge in [-0.15, -0.1) is 0 Å². The normalized spacial score (nSPS) is 15.8. The van der Waals surface area contributed by atoms with Crippen molar-refractivity contribution in [2.24, 2.45) is 0 Å². The minimum Gasteiger partial charge on any atom is -0.310 e. The Labute approximate surface area is 151 Å². The van der Waals surface area contributed by atoms with E-state index in [0.29, 0.717) is 17.5 Å². The van der Waals surface area contributed by atoms with Crippen LogP contribution in [-0.4, -0.2) is 20.1 Å². The van der Waals surface area contributed by atoms with Gasteiger partial charge in [-0.25, -0.2) is 9.37 Å². The Morgan fingerprint density at radius 1 is 1.20 bits per heavy atom. The molecule has 25 heavy (non-hydrogen) atoms. The van der Waals surface area contributed by atoms with Crippen LogP contribution in [0.3, 0.4) is 0 Å². The Bertz CT molecular complexity index is 620. The molecule has 0 spiro atoms. The molecule has 0 saturated carbocycles. The van der Waals surface area contributed by atoms with Gasteiger partial charge in [0.15, 0.2) is 5.78 Å². The van der Waals surface area contributed by atoms with Gasteiger partial charge in [-0.05, 0) is 36.0 Å². The van der Waals surface area contributed by atoms with Crippen LogP contribution >= 0.6 is 0 Å². The van der Waals surface area contributed by atoms with Crippen LogP contribution in [0.5, 0.6) is 0 Å². The molecule has 0 saturated heterocycles. The monoisotopic (exact) mass is 360 g/mol. The van der Waals surface area contributed by atoms with Crippen LogP contribution in [0.25, 0.3) is 0 Å². The highest BCUT2D eigenvalue weighted by Gasteiger charge is 2.41. The molecule has 0 bridgehead atoms. The summed E-state index contributed by atoms with van der Waals surface area (Å²) >= 11 is 0. The number of rotatable bonds is 9. The predicted molar refractivity (Wildman–Crippen MR) is 100 cm³/mol. The smallest absolute Gasteiger partial charge is 0.310 e. The van der Waals surface area contributed by atoms with Crippen molar-refractivity contribution >= 4 is 20.1 Å². The molecule has 1 aromatic carbocycles. The molecule has 0 amide bonds. The lowest BCUT2D eigenvalue weighted by molar-refractivity contribution is -0.221. The first-order valence-corrected chi connectivity index (χ1v) is 11.6. The van der Waals surface area contributed by atoms with Gasteiger partial charge in [-0.2, -0.15) is 0 Å². The zero-order valence-corrected chi connectivity index (χ0v) is 16.4. The van der Waals surface area contributed by atoms with Crippen molar-refractivity contribution in [3.63, 3.8) is 0 Å². The number of hydrogen-bond acceptors (Lipinski definition) is 4. The standard InChI is InChI=1S/C20H28O4Si/c1-4-25(5-2,16(3)14-17-10-7-6-8-11-17)24-23-20(22)15-18-12-9-13-19(18)21/h6-8,10-12,16H,4-5,9,13-15H2,1-3H3. The molecule has 0 heterocycles. The van der Waals surface area contributed by atoms with Gasteiger partial charge in [-0.3, -0.25) is 4.79 Å². The molecule has 2 rings (SSSR count). The van der Waals surface area contributed by atoms with E-state index in [2.05, 4.69) is 32.9 Å². The summed E-state index contributed by atoms with van der Waals surface area (Å²) in [6.45, 7) is 6.39. The molecule has 0 aromatic heterocycles. The topological polar surface area (TPSA) is 52.6 Å². The maximum absolute atomic E-state index is 12.1. The van der Waals surface area contributed by atoms with E-state index in [1.54, 1.807) is 0 Å². The second-order valence-electron chi connectivity index (χ2n) is 6.77. The lowest BCUT2D eigenvalue weighted by atomic mass is 10.1. The number of hydrogen-bond donors (Lipinski definition) is 0. The van der Waals surface area contributed by atoms with Crippen molar-refractivity contribution in [3.05, 3.63) is 47.5 Å². The highest BCUT2D eigenvalue weighted by atomic mass is 28.4. The van der Waals surface area contributed by atoms with Crippen LogP contribution in [-0.2, 0) is 25.5 Å². The van der Waals surface area contributed by atoms with Gasteiger partial charge < -0.3 is 4.89 Å². The van der Waals surface area contributed by atoms with Gasteiger partial charge in [-0.1, -0.05) is 57.2 Å². The zero-order chi connectivity index (χ0) is 18.3. The first-order chi connectivity index (χ1) is 12.0. The quantitative estimate of drug-likeness (QED) is 0.362. The third kappa shape index (κ3) is 5.12. The van der Waals surface area contributed by atoms with Gasteiger partial charge in [0.25, 0.3) is 8.32 Å². The van der Waals surface area contributed by atoms with E-state index >= 15 is 0 Å². The van der Waals surface area contributed by atoms with Gasteiger partial charge >= 0.3 is 5.97 Å². The van der Waals surface area contributed by atoms with Crippen molar-refractivity contribution in [2.75, 3.05) is 0 Å². The molecule has 0 aliphatic heterocycles. The summed E-state index contributed by atoms with van der Waals surface area (Å²) in [5, 5.41) is 0. The molecule has 0 radical (unpaired) electrons. The highest BCUT2D eigenvalue weighted by molar-refractivity contribution is 6.74. The first-order valence-electron chi connectivity index (χ1n) is 9.15. The van der Waals surface area contributed by atoms with E-state index in [1.165, 1.54) is 5.56 Å². The summed E-state index contributed by atoms with van der Waals surface area (Å²) in [4.78, 5) is 28.9. The molecule has 1 aliphatic rings. The van der Waals surface area contributed by atoms with Gasteiger partial charge in [0, 0.05) is 12.0 Å². The summed E-state index contributed by atoms with van der Waals surface area (Å²) in [7, 11) is -2.21. The second kappa shape index (κ2) is 9.11. The lowest BCUT2D eigenvalue weighted by Crippen LogP contribution is -2.42. The molecule has 4 nitrogen and oxygen atoms in total. The Hall–Kier alpha value is -1.72. The van der Waals surface area contributed by atoms with Crippen LogP contribution in [0.2, 0.25) is 17.6 Å². The van der Waals surface area contributed by atoms with Crippen molar-refractivity contribution in [2.45, 2.75) is 64.1 Å². The van der Waals surface area contributed by atoms with Gasteiger partial charge in [0.2, 0.25) is 0 Å². The summed E-state index contributed by atoms with van der Waals surface area (Å²) in [6.07, 6.45) is 3.98. The minimum atomic E-state index is -2.21. The van der Waals surface area contributed by atoms with E-state index in [0.717, 1.165) is 24.9 Å². The van der Waals surface area contributed by atoms with E-state index in [-0.39, 0.29) is 12.2 Å². The molecule has 1 aromatic rings. The number of carbonyl (C=O) groups is 2. The maximum Gasteiger partial charge on any atom is 0.345 e. The zero-order valence-electron chi connectivity index (χ0n) is 15.4. The molecule has 5 heteroatoms. The fourth-order valence-corrected chi connectivity index (χ4v) is 6.60. The number of carbonyl (C=O) groups excluding carboxylic acids is 2. The SMILES string of the molecule is CC[Si](CC)(OOC(=O)CC1=CCCC1=O)C(C)Cc1ccccc1. The van der Waals surface area contributed by atoms with Crippen LogP contribution < -0.4 is 0 Å². The Morgan fingerprint density at radius 3 is 2.44 bits per heavy atom. The first kappa shape index (κ1) is 19.6. The summed E-state index contributed by atoms with van der Waals surface area (Å²) in [5.74, 6) is -0.420. The Morgan fingerprint density at radius 2 is 1.88 bits per heavy atom. The second-order valence-corrected chi connectivity index (χ2v) is 11.5. The number of ketones is 1. The van der Waals surface area contributed by atoms with E-state index in [4.69, 9.17) is 9.46 Å². The molecule has 0 fully saturated rings. The van der Waals surface area contributed by atoms with Crippen LogP contribution in [0.15, 0.2) is 42.0 Å². The summed E-state index contributed by atoms with van der Waals surface area (Å²) in [5.41, 5.74) is 2.15. The number of Topliss-reactive ketones (excluding diaryl/α,β-unsaturated/α-hetero) is 1. The lowest BCUT2D eigenvalue weighted by Gasteiger charge is -2.32. The number of allylic oxidation sites excluding steroid dienone is 1. The average molecular weight is 361 g/mol. The Balaban J connectivity index is 1.96. The van der Waals surface area contributed by atoms with Gasteiger partial charge in [0.1, 0.15) is 0 Å². The van der Waals surface area contributed by atoms with Crippen molar-refractivity contribution in [1.29, 1.82) is 0 Å². The molecule has 136 valence electrons. The molecule has 1 unspecified atom stereocenters. The molecule has 0 N–H and O–H groups in total. The van der Waals surface area contributed by atoms with E-state index in [1.807, 2.05) is 24.3 Å². The fraction of sp³-hybridized carbons (Fsp3) is 0.500. The van der Waals surface area contributed by atoms with Crippen molar-refractivity contribution in [1.82, 2.24) is 0 Å².